The van der Waals surface area contributed by atoms with Crippen molar-refractivity contribution in [2.75, 3.05) is 26.0 Å². The minimum atomic E-state index is 0.169. The predicted octanol–water partition coefficient (Wildman–Crippen LogP) is 4.60. The highest BCUT2D eigenvalue weighted by molar-refractivity contribution is 7.99. The van der Waals surface area contributed by atoms with Gasteiger partial charge in [0.05, 0.1) is 18.6 Å². The molecule has 1 aliphatic rings. The van der Waals surface area contributed by atoms with Crippen LogP contribution in [0.15, 0.2) is 53.7 Å². The molecule has 162 valence electrons. The van der Waals surface area contributed by atoms with E-state index in [-0.39, 0.29) is 5.91 Å². The molecular weight excluding hydrogens is 408 g/mol. The number of rotatable bonds is 6. The summed E-state index contributed by atoms with van der Waals surface area (Å²) in [5.41, 5.74) is 3.08. The van der Waals surface area contributed by atoms with Crippen molar-refractivity contribution in [3.8, 4) is 22.8 Å². The van der Waals surface area contributed by atoms with Crippen LogP contribution < -0.4 is 4.74 Å². The molecule has 0 unspecified atom stereocenters. The van der Waals surface area contributed by atoms with Gasteiger partial charge in [-0.2, -0.15) is 0 Å². The third kappa shape index (κ3) is 4.77. The van der Waals surface area contributed by atoms with Crippen LogP contribution in [0.5, 0.6) is 5.75 Å². The van der Waals surface area contributed by atoms with E-state index in [1.165, 1.54) is 11.8 Å². The highest BCUT2D eigenvalue weighted by Gasteiger charge is 2.23. The lowest BCUT2D eigenvalue weighted by Crippen LogP contribution is -2.38. The van der Waals surface area contributed by atoms with E-state index in [1.54, 1.807) is 7.11 Å². The van der Waals surface area contributed by atoms with E-state index in [9.17, 15) is 4.79 Å². The number of benzene rings is 2. The number of thioether (sulfide) groups is 1. The topological polar surface area (TPSA) is 60.3 Å². The second kappa shape index (κ2) is 9.56. The zero-order chi connectivity index (χ0) is 21.8. The molecule has 1 aromatic heterocycles. The summed E-state index contributed by atoms with van der Waals surface area (Å²) in [6.07, 6.45) is 2.16. The summed E-state index contributed by atoms with van der Waals surface area (Å²) in [4.78, 5) is 14.8. The Labute approximate surface area is 187 Å². The Bertz CT molecular complexity index is 1040. The molecule has 1 aliphatic heterocycles. The van der Waals surface area contributed by atoms with Gasteiger partial charge in [0.15, 0.2) is 11.0 Å². The van der Waals surface area contributed by atoms with Crippen LogP contribution in [-0.2, 0) is 4.79 Å². The van der Waals surface area contributed by atoms with Crippen molar-refractivity contribution in [3.63, 3.8) is 0 Å². The highest BCUT2D eigenvalue weighted by Crippen LogP contribution is 2.30. The van der Waals surface area contributed by atoms with Crippen LogP contribution in [0.25, 0.3) is 17.1 Å². The molecule has 1 amide bonds. The van der Waals surface area contributed by atoms with Crippen molar-refractivity contribution in [2.24, 2.45) is 5.92 Å². The van der Waals surface area contributed by atoms with Crippen molar-refractivity contribution in [1.29, 1.82) is 0 Å². The molecule has 0 aliphatic carbocycles. The molecule has 6 nitrogen and oxygen atoms in total. The fourth-order valence-electron chi connectivity index (χ4n) is 3.80. The number of piperidine rings is 1. The molecule has 1 fully saturated rings. The molecule has 0 N–H and O–H groups in total. The lowest BCUT2D eigenvalue weighted by atomic mass is 9.99. The smallest absolute Gasteiger partial charge is 0.233 e. The number of para-hydroxylation sites is 1. The van der Waals surface area contributed by atoms with E-state index in [4.69, 9.17) is 4.74 Å². The van der Waals surface area contributed by atoms with Crippen molar-refractivity contribution in [2.45, 2.75) is 31.8 Å². The average molecular weight is 437 g/mol. The quantitative estimate of drug-likeness (QED) is 0.529. The number of likely N-dealkylation sites (tertiary alicyclic amines) is 1. The Kier molecular flexibility index (Phi) is 6.61. The summed E-state index contributed by atoms with van der Waals surface area (Å²) in [6, 6.07) is 15.9. The molecule has 3 aromatic rings. The molecule has 0 bridgehead atoms. The number of hydrogen-bond acceptors (Lipinski definition) is 5. The summed E-state index contributed by atoms with van der Waals surface area (Å²) in [5.74, 6) is 2.77. The third-order valence-corrected chi connectivity index (χ3v) is 6.71. The van der Waals surface area contributed by atoms with Gasteiger partial charge in [0.2, 0.25) is 5.91 Å². The number of ether oxygens (including phenoxy) is 1. The van der Waals surface area contributed by atoms with Gasteiger partial charge in [-0.05, 0) is 61.6 Å². The van der Waals surface area contributed by atoms with Crippen molar-refractivity contribution >= 4 is 17.7 Å². The first-order valence-electron chi connectivity index (χ1n) is 10.6. The third-order valence-electron chi connectivity index (χ3n) is 5.80. The van der Waals surface area contributed by atoms with E-state index in [0.29, 0.717) is 11.7 Å². The van der Waals surface area contributed by atoms with Crippen LogP contribution in [0, 0.1) is 12.8 Å². The lowest BCUT2D eigenvalue weighted by molar-refractivity contribution is -0.129. The van der Waals surface area contributed by atoms with Crippen LogP contribution in [0.3, 0.4) is 0 Å². The number of nitrogens with zero attached hydrogens (tertiary/aromatic N) is 4. The molecule has 0 saturated carbocycles. The summed E-state index contributed by atoms with van der Waals surface area (Å²) in [6.45, 7) is 6.02. The number of aromatic nitrogens is 3. The molecule has 2 aromatic carbocycles. The monoisotopic (exact) mass is 436 g/mol. The average Bonchev–Trinajstić information content (AvgIpc) is 3.22. The van der Waals surface area contributed by atoms with Crippen LogP contribution in [0.2, 0.25) is 0 Å². The zero-order valence-electron chi connectivity index (χ0n) is 18.2. The van der Waals surface area contributed by atoms with Gasteiger partial charge < -0.3 is 9.64 Å². The maximum Gasteiger partial charge on any atom is 0.233 e. The summed E-state index contributed by atoms with van der Waals surface area (Å²) in [7, 11) is 1.65. The summed E-state index contributed by atoms with van der Waals surface area (Å²) >= 11 is 1.45. The Morgan fingerprint density at radius 3 is 2.48 bits per heavy atom. The largest absolute Gasteiger partial charge is 0.497 e. The molecule has 0 atom stereocenters. The Balaban J connectivity index is 1.62. The van der Waals surface area contributed by atoms with E-state index in [2.05, 4.69) is 36.2 Å². The normalized spacial score (nSPS) is 14.6. The zero-order valence-corrected chi connectivity index (χ0v) is 19.1. The molecule has 31 heavy (non-hydrogen) atoms. The highest BCUT2D eigenvalue weighted by atomic mass is 32.2. The molecule has 0 radical (unpaired) electrons. The SMILES string of the molecule is COc1ccc(-c2nnc(SCC(=O)N3CCC(C)CC3)n2-c2ccccc2C)cc1. The number of aryl methyl sites for hydroxylation is 1. The van der Waals surface area contributed by atoms with Crippen LogP contribution in [0.4, 0.5) is 0 Å². The predicted molar refractivity (Wildman–Crippen MR) is 124 cm³/mol. The number of carbonyl (C=O) groups is 1. The summed E-state index contributed by atoms with van der Waals surface area (Å²) < 4.78 is 7.33. The van der Waals surface area contributed by atoms with Crippen LogP contribution in [0.1, 0.15) is 25.3 Å². The number of methoxy groups -OCH3 is 1. The summed E-state index contributed by atoms with van der Waals surface area (Å²) in [5, 5.41) is 9.66. The second-order valence-electron chi connectivity index (χ2n) is 8.01. The first kappa shape index (κ1) is 21.4. The Morgan fingerprint density at radius 1 is 1.10 bits per heavy atom. The van der Waals surface area contributed by atoms with Gasteiger partial charge in [0, 0.05) is 18.7 Å². The maximum absolute atomic E-state index is 12.8. The van der Waals surface area contributed by atoms with Gasteiger partial charge in [-0.25, -0.2) is 0 Å². The Hall–Kier alpha value is -2.80. The van der Waals surface area contributed by atoms with Crippen molar-refractivity contribution in [3.05, 3.63) is 54.1 Å². The van der Waals surface area contributed by atoms with E-state index in [0.717, 1.165) is 59.5 Å². The first-order valence-corrected chi connectivity index (χ1v) is 11.6. The van der Waals surface area contributed by atoms with Gasteiger partial charge in [-0.1, -0.05) is 36.9 Å². The van der Waals surface area contributed by atoms with Gasteiger partial charge in [0.25, 0.3) is 0 Å². The van der Waals surface area contributed by atoms with E-state index >= 15 is 0 Å². The maximum atomic E-state index is 12.8. The molecule has 4 rings (SSSR count). The number of hydrogen-bond donors (Lipinski definition) is 0. The number of carbonyl (C=O) groups excluding carboxylic acids is 1. The minimum absolute atomic E-state index is 0.169. The lowest BCUT2D eigenvalue weighted by Gasteiger charge is -2.30. The molecular formula is C24H28N4O2S. The second-order valence-corrected chi connectivity index (χ2v) is 8.95. The first-order chi connectivity index (χ1) is 15.1. The fourth-order valence-corrected chi connectivity index (χ4v) is 4.65. The molecule has 7 heteroatoms. The van der Waals surface area contributed by atoms with E-state index in [1.807, 2.05) is 45.9 Å². The van der Waals surface area contributed by atoms with Gasteiger partial charge in [-0.15, -0.1) is 10.2 Å². The molecule has 2 heterocycles. The fraction of sp³-hybridized carbons (Fsp3) is 0.375. The van der Waals surface area contributed by atoms with Gasteiger partial charge in [-0.3, -0.25) is 9.36 Å². The minimum Gasteiger partial charge on any atom is -0.497 e. The van der Waals surface area contributed by atoms with Gasteiger partial charge >= 0.3 is 0 Å². The molecule has 1 saturated heterocycles. The standard InChI is InChI=1S/C24H28N4O2S/c1-17-12-14-27(15-13-17)22(29)16-31-24-26-25-23(19-8-10-20(30-3)11-9-19)28(24)21-7-5-4-6-18(21)2/h4-11,17H,12-16H2,1-3H3. The van der Waals surface area contributed by atoms with Gasteiger partial charge in [0.1, 0.15) is 5.75 Å². The van der Waals surface area contributed by atoms with E-state index < -0.39 is 0 Å². The van der Waals surface area contributed by atoms with Crippen molar-refractivity contribution in [1.82, 2.24) is 19.7 Å². The van der Waals surface area contributed by atoms with Crippen LogP contribution >= 0.6 is 11.8 Å². The van der Waals surface area contributed by atoms with Crippen LogP contribution in [-0.4, -0.2) is 51.5 Å². The number of amides is 1. The molecule has 0 spiro atoms. The Morgan fingerprint density at radius 2 is 1.81 bits per heavy atom. The van der Waals surface area contributed by atoms with Crippen molar-refractivity contribution < 1.29 is 9.53 Å².